The lowest BCUT2D eigenvalue weighted by Gasteiger charge is -2.04. The van der Waals surface area contributed by atoms with Crippen LogP contribution in [0.15, 0.2) is 35.1 Å². The van der Waals surface area contributed by atoms with Crippen molar-refractivity contribution in [2.24, 2.45) is 0 Å². The highest BCUT2D eigenvalue weighted by molar-refractivity contribution is 6.05. The Balaban J connectivity index is 1.86. The van der Waals surface area contributed by atoms with Crippen molar-refractivity contribution >= 4 is 22.5 Å². The summed E-state index contributed by atoms with van der Waals surface area (Å²) >= 11 is 0. The van der Waals surface area contributed by atoms with Crippen LogP contribution in [0.1, 0.15) is 23.0 Å². The van der Waals surface area contributed by atoms with Gasteiger partial charge in [0.2, 0.25) is 0 Å². The number of aryl methyl sites for hydroxylation is 1. The number of fused-ring (bicyclic) bond motifs is 1. The van der Waals surface area contributed by atoms with Crippen molar-refractivity contribution in [3.05, 3.63) is 41.9 Å². The van der Waals surface area contributed by atoms with E-state index in [2.05, 4.69) is 20.7 Å². The highest BCUT2D eigenvalue weighted by Crippen LogP contribution is 2.18. The molecule has 0 bridgehead atoms. The van der Waals surface area contributed by atoms with E-state index in [4.69, 9.17) is 4.52 Å². The quantitative estimate of drug-likeness (QED) is 0.753. The zero-order valence-corrected chi connectivity index (χ0v) is 10.3. The first-order valence-electron chi connectivity index (χ1n) is 5.96. The summed E-state index contributed by atoms with van der Waals surface area (Å²) in [6.45, 7) is 1.91. The van der Waals surface area contributed by atoms with Gasteiger partial charge in [-0.3, -0.25) is 9.89 Å². The summed E-state index contributed by atoms with van der Waals surface area (Å²) in [5.41, 5.74) is 2.04. The van der Waals surface area contributed by atoms with Crippen molar-refractivity contribution in [3.8, 4) is 0 Å². The first kappa shape index (κ1) is 11.5. The summed E-state index contributed by atoms with van der Waals surface area (Å²) in [4.78, 5) is 12.1. The summed E-state index contributed by atoms with van der Waals surface area (Å²) in [6.07, 6.45) is 3.79. The van der Waals surface area contributed by atoms with E-state index in [1.54, 1.807) is 6.20 Å². The van der Waals surface area contributed by atoms with E-state index in [9.17, 15) is 4.79 Å². The molecule has 6 nitrogen and oxygen atoms in total. The fourth-order valence-corrected chi connectivity index (χ4v) is 1.92. The lowest BCUT2D eigenvalue weighted by Crippen LogP contribution is -2.12. The van der Waals surface area contributed by atoms with Crippen LogP contribution in [0.5, 0.6) is 0 Å². The fourth-order valence-electron chi connectivity index (χ4n) is 1.92. The Labute approximate surface area is 108 Å². The summed E-state index contributed by atoms with van der Waals surface area (Å²) < 4.78 is 5.00. The molecule has 0 saturated carbocycles. The van der Waals surface area contributed by atoms with Crippen molar-refractivity contribution in [1.29, 1.82) is 0 Å². The minimum absolute atomic E-state index is 0.225. The molecule has 2 N–H and O–H groups in total. The number of H-pyrrole nitrogens is 1. The van der Waals surface area contributed by atoms with Crippen LogP contribution >= 0.6 is 0 Å². The maximum Gasteiger partial charge on any atom is 0.260 e. The molecular formula is C13H12N4O2. The van der Waals surface area contributed by atoms with E-state index in [-0.39, 0.29) is 5.91 Å². The molecular weight excluding hydrogens is 244 g/mol. The SMILES string of the molecule is CCc1oncc1C(=O)Nc1ccc2cn[nH]c2c1. The van der Waals surface area contributed by atoms with Crippen molar-refractivity contribution in [2.75, 3.05) is 5.32 Å². The number of hydrogen-bond acceptors (Lipinski definition) is 4. The number of aromatic amines is 1. The second kappa shape index (κ2) is 4.56. The Morgan fingerprint density at radius 2 is 2.32 bits per heavy atom. The second-order valence-corrected chi connectivity index (χ2v) is 4.14. The molecule has 1 aromatic carbocycles. The summed E-state index contributed by atoms with van der Waals surface area (Å²) in [7, 11) is 0. The molecule has 0 radical (unpaired) electrons. The number of anilines is 1. The number of aromatic nitrogens is 3. The smallest absolute Gasteiger partial charge is 0.260 e. The van der Waals surface area contributed by atoms with Gasteiger partial charge in [-0.2, -0.15) is 5.10 Å². The molecule has 0 aliphatic carbocycles. The average molecular weight is 256 g/mol. The first-order chi connectivity index (χ1) is 9.28. The average Bonchev–Trinajstić information content (AvgIpc) is 3.06. The number of nitrogens with zero attached hydrogens (tertiary/aromatic N) is 2. The largest absolute Gasteiger partial charge is 0.361 e. The molecule has 0 aliphatic heterocycles. The van der Waals surface area contributed by atoms with E-state index in [0.29, 0.717) is 23.4 Å². The number of benzene rings is 1. The third-order valence-corrected chi connectivity index (χ3v) is 2.91. The van der Waals surface area contributed by atoms with Crippen molar-refractivity contribution in [2.45, 2.75) is 13.3 Å². The van der Waals surface area contributed by atoms with Crippen LogP contribution in [0.2, 0.25) is 0 Å². The van der Waals surface area contributed by atoms with Gasteiger partial charge in [0.25, 0.3) is 5.91 Å². The van der Waals surface area contributed by atoms with Gasteiger partial charge in [0.1, 0.15) is 11.3 Å². The molecule has 0 saturated heterocycles. The first-order valence-corrected chi connectivity index (χ1v) is 5.96. The molecule has 0 aliphatic rings. The normalized spacial score (nSPS) is 10.8. The standard InChI is InChI=1S/C13H12N4O2/c1-2-12-10(7-15-19-12)13(18)16-9-4-3-8-6-14-17-11(8)5-9/h3-7H,2H2,1H3,(H,14,17)(H,16,18). The third kappa shape index (κ3) is 2.08. The Kier molecular flexibility index (Phi) is 2.75. The molecule has 2 aromatic heterocycles. The van der Waals surface area contributed by atoms with Crippen molar-refractivity contribution in [1.82, 2.24) is 15.4 Å². The van der Waals surface area contributed by atoms with Crippen LogP contribution < -0.4 is 5.32 Å². The highest BCUT2D eigenvalue weighted by Gasteiger charge is 2.15. The van der Waals surface area contributed by atoms with Gasteiger partial charge in [-0.05, 0) is 18.2 Å². The van der Waals surface area contributed by atoms with Crippen molar-refractivity contribution < 1.29 is 9.32 Å². The van der Waals surface area contributed by atoms with E-state index in [1.165, 1.54) is 6.20 Å². The number of hydrogen-bond donors (Lipinski definition) is 2. The summed E-state index contributed by atoms with van der Waals surface area (Å²) in [6, 6.07) is 5.55. The monoisotopic (exact) mass is 256 g/mol. The van der Waals surface area contributed by atoms with Gasteiger partial charge in [0.05, 0.1) is 17.9 Å². The lowest BCUT2D eigenvalue weighted by atomic mass is 10.2. The van der Waals surface area contributed by atoms with Gasteiger partial charge in [-0.1, -0.05) is 12.1 Å². The van der Waals surface area contributed by atoms with Crippen LogP contribution in [0.3, 0.4) is 0 Å². The molecule has 3 aromatic rings. The maximum absolute atomic E-state index is 12.1. The van der Waals surface area contributed by atoms with E-state index in [0.717, 1.165) is 10.9 Å². The Morgan fingerprint density at radius 1 is 1.42 bits per heavy atom. The molecule has 6 heteroatoms. The number of amides is 1. The molecule has 3 rings (SSSR count). The van der Waals surface area contributed by atoms with Crippen LogP contribution in [0.25, 0.3) is 10.9 Å². The van der Waals surface area contributed by atoms with E-state index < -0.39 is 0 Å². The molecule has 1 amide bonds. The van der Waals surface area contributed by atoms with Gasteiger partial charge in [0.15, 0.2) is 0 Å². The molecule has 0 atom stereocenters. The third-order valence-electron chi connectivity index (χ3n) is 2.91. The Hall–Kier alpha value is -2.63. The number of carbonyl (C=O) groups is 1. The summed E-state index contributed by atoms with van der Waals surface area (Å²) in [5, 5.41) is 14.3. The second-order valence-electron chi connectivity index (χ2n) is 4.14. The molecule has 0 spiro atoms. The predicted molar refractivity (Wildman–Crippen MR) is 69.9 cm³/mol. The Morgan fingerprint density at radius 3 is 3.16 bits per heavy atom. The van der Waals surface area contributed by atoms with Gasteiger partial charge in [-0.25, -0.2) is 0 Å². The maximum atomic E-state index is 12.1. The minimum atomic E-state index is -0.225. The van der Waals surface area contributed by atoms with Crippen molar-refractivity contribution in [3.63, 3.8) is 0 Å². The number of nitrogens with one attached hydrogen (secondary N) is 2. The molecule has 19 heavy (non-hydrogen) atoms. The highest BCUT2D eigenvalue weighted by atomic mass is 16.5. The Bertz CT molecular complexity index is 729. The van der Waals surface area contributed by atoms with Gasteiger partial charge in [-0.15, -0.1) is 0 Å². The van der Waals surface area contributed by atoms with Crippen LogP contribution in [-0.4, -0.2) is 21.3 Å². The summed E-state index contributed by atoms with van der Waals surface area (Å²) in [5.74, 6) is 0.358. The molecule has 96 valence electrons. The topological polar surface area (TPSA) is 83.8 Å². The predicted octanol–water partition coefficient (Wildman–Crippen LogP) is 2.37. The molecule has 0 fully saturated rings. The number of carbonyl (C=O) groups excluding carboxylic acids is 1. The fraction of sp³-hybridized carbons (Fsp3) is 0.154. The van der Waals surface area contributed by atoms with Gasteiger partial charge < -0.3 is 9.84 Å². The zero-order valence-electron chi connectivity index (χ0n) is 10.3. The number of rotatable bonds is 3. The lowest BCUT2D eigenvalue weighted by molar-refractivity contribution is 0.102. The minimum Gasteiger partial charge on any atom is -0.361 e. The molecule has 0 unspecified atom stereocenters. The zero-order chi connectivity index (χ0) is 13.2. The van der Waals surface area contributed by atoms with E-state index in [1.807, 2.05) is 25.1 Å². The van der Waals surface area contributed by atoms with Gasteiger partial charge in [0, 0.05) is 17.5 Å². The van der Waals surface area contributed by atoms with E-state index >= 15 is 0 Å². The van der Waals surface area contributed by atoms with Crippen LogP contribution in [0.4, 0.5) is 5.69 Å². The van der Waals surface area contributed by atoms with Crippen LogP contribution in [0, 0.1) is 0 Å². The van der Waals surface area contributed by atoms with Crippen LogP contribution in [-0.2, 0) is 6.42 Å². The molecule has 2 heterocycles. The van der Waals surface area contributed by atoms with Gasteiger partial charge >= 0.3 is 0 Å².